The third-order valence-electron chi connectivity index (χ3n) is 5.86. The minimum Gasteiger partial charge on any atom is -0.353 e. The monoisotopic (exact) mass is 478 g/mol. The topological polar surface area (TPSA) is 133 Å². The normalized spacial score (nSPS) is 18.6. The maximum Gasteiger partial charge on any atom is 0.289 e. The fraction of sp³-hybridized carbons (Fsp3) is 0.346. The SMILES string of the molecule is CNC(=O)C(=O)CNC(=O)C1CCc2cccc(c2)-c2cccc(c2)CCC(=O)NC(C)C(=O)N1. The minimum atomic E-state index is -0.959. The molecule has 1 aliphatic rings. The van der Waals surface area contributed by atoms with Crippen molar-refractivity contribution in [1.29, 1.82) is 0 Å². The predicted molar refractivity (Wildman–Crippen MR) is 130 cm³/mol. The van der Waals surface area contributed by atoms with Crippen LogP contribution >= 0.6 is 0 Å². The summed E-state index contributed by atoms with van der Waals surface area (Å²) in [4.78, 5) is 61.2. The summed E-state index contributed by atoms with van der Waals surface area (Å²) in [5, 5.41) is 9.97. The molecule has 3 rings (SSSR count). The van der Waals surface area contributed by atoms with Crippen molar-refractivity contribution in [2.24, 2.45) is 0 Å². The van der Waals surface area contributed by atoms with Crippen molar-refractivity contribution in [2.45, 2.75) is 44.7 Å². The van der Waals surface area contributed by atoms with Crippen molar-refractivity contribution < 1.29 is 24.0 Å². The number of nitrogens with one attached hydrogen (secondary N) is 4. The van der Waals surface area contributed by atoms with Gasteiger partial charge in [-0.1, -0.05) is 48.5 Å². The van der Waals surface area contributed by atoms with Gasteiger partial charge in [0, 0.05) is 13.5 Å². The molecule has 0 aromatic heterocycles. The highest BCUT2D eigenvalue weighted by atomic mass is 16.2. The van der Waals surface area contributed by atoms with Gasteiger partial charge in [-0.25, -0.2) is 0 Å². The number of hydrogen-bond donors (Lipinski definition) is 4. The maximum absolute atomic E-state index is 12.8. The zero-order valence-corrected chi connectivity index (χ0v) is 19.9. The number of rotatable bonds is 4. The molecule has 9 heteroatoms. The Kier molecular flexibility index (Phi) is 8.72. The molecule has 0 aliphatic carbocycles. The first-order chi connectivity index (χ1) is 16.8. The van der Waals surface area contributed by atoms with E-state index in [2.05, 4.69) is 21.3 Å². The van der Waals surface area contributed by atoms with Gasteiger partial charge in [0.2, 0.25) is 23.5 Å². The number of Topliss-reactive ketones (excluding diaryl/α,β-unsaturated/α-hetero) is 1. The number of carbonyl (C=O) groups is 5. The van der Waals surface area contributed by atoms with E-state index in [4.69, 9.17) is 0 Å². The average molecular weight is 479 g/mol. The second-order valence-electron chi connectivity index (χ2n) is 8.51. The van der Waals surface area contributed by atoms with Crippen LogP contribution < -0.4 is 21.3 Å². The zero-order chi connectivity index (χ0) is 25.4. The van der Waals surface area contributed by atoms with Crippen molar-refractivity contribution >= 4 is 29.4 Å². The maximum atomic E-state index is 12.8. The number of aryl methyl sites for hydroxylation is 2. The lowest BCUT2D eigenvalue weighted by atomic mass is 9.97. The summed E-state index contributed by atoms with van der Waals surface area (Å²) in [5.74, 6) is -2.98. The largest absolute Gasteiger partial charge is 0.353 e. The fourth-order valence-corrected chi connectivity index (χ4v) is 3.84. The molecule has 4 N–H and O–H groups in total. The van der Waals surface area contributed by atoms with Gasteiger partial charge in [0.1, 0.15) is 12.1 Å². The summed E-state index contributed by atoms with van der Waals surface area (Å²) < 4.78 is 0. The van der Waals surface area contributed by atoms with Gasteiger partial charge in [0.05, 0.1) is 6.54 Å². The number of benzene rings is 2. The Labute approximate surface area is 204 Å². The Morgan fingerprint density at radius 3 is 2.17 bits per heavy atom. The van der Waals surface area contributed by atoms with Crippen LogP contribution in [-0.2, 0) is 36.8 Å². The van der Waals surface area contributed by atoms with Gasteiger partial charge in [0.25, 0.3) is 5.91 Å². The molecule has 4 amide bonds. The van der Waals surface area contributed by atoms with E-state index in [1.54, 1.807) is 6.92 Å². The summed E-state index contributed by atoms with van der Waals surface area (Å²) >= 11 is 0. The Balaban J connectivity index is 1.84. The molecule has 1 heterocycles. The summed E-state index contributed by atoms with van der Waals surface area (Å²) in [6, 6.07) is 14.1. The summed E-state index contributed by atoms with van der Waals surface area (Å²) in [5.41, 5.74) is 4.04. The molecular formula is C26H30N4O5. The van der Waals surface area contributed by atoms with E-state index in [0.717, 1.165) is 22.3 Å². The highest BCUT2D eigenvalue weighted by Gasteiger charge is 2.25. The first-order valence-corrected chi connectivity index (χ1v) is 11.6. The van der Waals surface area contributed by atoms with Crippen molar-refractivity contribution in [3.05, 3.63) is 59.7 Å². The van der Waals surface area contributed by atoms with Crippen LogP contribution in [0.3, 0.4) is 0 Å². The van der Waals surface area contributed by atoms with E-state index in [1.807, 2.05) is 48.5 Å². The van der Waals surface area contributed by atoms with Crippen LogP contribution in [0.5, 0.6) is 0 Å². The third kappa shape index (κ3) is 7.23. The molecule has 2 aromatic carbocycles. The van der Waals surface area contributed by atoms with Crippen LogP contribution in [0.25, 0.3) is 11.1 Å². The molecule has 35 heavy (non-hydrogen) atoms. The summed E-state index contributed by atoms with van der Waals surface area (Å²) in [6.45, 7) is 1.06. The van der Waals surface area contributed by atoms with Crippen LogP contribution in [0.2, 0.25) is 0 Å². The second-order valence-corrected chi connectivity index (χ2v) is 8.51. The van der Waals surface area contributed by atoms with E-state index < -0.39 is 42.1 Å². The molecule has 0 radical (unpaired) electrons. The predicted octanol–water partition coefficient (Wildman–Crippen LogP) is 0.653. The smallest absolute Gasteiger partial charge is 0.289 e. The number of hydrogen-bond acceptors (Lipinski definition) is 5. The number of likely N-dealkylation sites (N-methyl/N-ethyl adjacent to an activating group) is 1. The van der Waals surface area contributed by atoms with Crippen molar-refractivity contribution in [2.75, 3.05) is 13.6 Å². The highest BCUT2D eigenvalue weighted by Crippen LogP contribution is 2.23. The van der Waals surface area contributed by atoms with E-state index >= 15 is 0 Å². The number of fused-ring (bicyclic) bond motifs is 5. The van der Waals surface area contributed by atoms with Crippen LogP contribution in [0, 0.1) is 0 Å². The lowest BCUT2D eigenvalue weighted by molar-refractivity contribution is -0.138. The van der Waals surface area contributed by atoms with Crippen molar-refractivity contribution in [3.8, 4) is 11.1 Å². The average Bonchev–Trinajstić information content (AvgIpc) is 2.87. The Hall–Kier alpha value is -4.01. The highest BCUT2D eigenvalue weighted by molar-refractivity contribution is 6.37. The molecule has 0 saturated carbocycles. The molecule has 9 nitrogen and oxygen atoms in total. The van der Waals surface area contributed by atoms with Gasteiger partial charge in [-0.15, -0.1) is 0 Å². The van der Waals surface area contributed by atoms with Gasteiger partial charge in [-0.3, -0.25) is 24.0 Å². The van der Waals surface area contributed by atoms with Gasteiger partial charge >= 0.3 is 0 Å². The number of carbonyl (C=O) groups excluding carboxylic acids is 5. The summed E-state index contributed by atoms with van der Waals surface area (Å²) in [7, 11) is 1.32. The van der Waals surface area contributed by atoms with Gasteiger partial charge in [-0.05, 0) is 48.4 Å². The number of ketones is 1. The van der Waals surface area contributed by atoms with E-state index in [0.29, 0.717) is 12.8 Å². The molecule has 2 atom stereocenters. The Bertz CT molecular complexity index is 1130. The molecule has 2 unspecified atom stereocenters. The van der Waals surface area contributed by atoms with Gasteiger partial charge in [0.15, 0.2) is 0 Å². The quantitative estimate of drug-likeness (QED) is 0.479. The lowest BCUT2D eigenvalue weighted by Gasteiger charge is -2.21. The molecule has 1 aliphatic heterocycles. The first kappa shape index (κ1) is 25.6. The minimum absolute atomic E-state index is 0.215. The van der Waals surface area contributed by atoms with Crippen LogP contribution in [-0.4, -0.2) is 55.1 Å². The van der Waals surface area contributed by atoms with Crippen LogP contribution in [0.15, 0.2) is 48.5 Å². The van der Waals surface area contributed by atoms with Crippen molar-refractivity contribution in [1.82, 2.24) is 21.3 Å². The standard InChI is InChI=1S/C26H30N4O5/c1-16-24(33)30-21(25(34)28-15-22(31)26(35)27-2)11-9-17-5-3-7-19(13-17)20-8-4-6-18(14-20)10-12-23(32)29-16/h3-8,13-14,16,21H,9-12,15H2,1-2H3,(H,27,35)(H,28,34)(H,29,32)(H,30,33). The second kappa shape index (κ2) is 11.9. The van der Waals surface area contributed by atoms with E-state index in [9.17, 15) is 24.0 Å². The molecule has 0 fully saturated rings. The van der Waals surface area contributed by atoms with E-state index in [-0.39, 0.29) is 18.7 Å². The Morgan fingerprint density at radius 1 is 0.914 bits per heavy atom. The third-order valence-corrected chi connectivity index (χ3v) is 5.86. The molecular weight excluding hydrogens is 448 g/mol. The van der Waals surface area contributed by atoms with E-state index in [1.165, 1.54) is 7.05 Å². The van der Waals surface area contributed by atoms with Gasteiger partial charge in [-0.2, -0.15) is 0 Å². The molecule has 2 aromatic rings. The Morgan fingerprint density at radius 2 is 1.54 bits per heavy atom. The fourth-order valence-electron chi connectivity index (χ4n) is 3.84. The van der Waals surface area contributed by atoms with Crippen LogP contribution in [0.1, 0.15) is 30.9 Å². The van der Waals surface area contributed by atoms with Gasteiger partial charge < -0.3 is 21.3 Å². The zero-order valence-electron chi connectivity index (χ0n) is 19.9. The first-order valence-electron chi connectivity index (χ1n) is 11.6. The molecule has 0 spiro atoms. The van der Waals surface area contributed by atoms with Crippen molar-refractivity contribution in [3.63, 3.8) is 0 Å². The summed E-state index contributed by atoms with van der Waals surface area (Å²) in [6.07, 6.45) is 1.48. The number of amides is 4. The van der Waals surface area contributed by atoms with Crippen LogP contribution in [0.4, 0.5) is 0 Å². The molecule has 0 saturated heterocycles. The molecule has 4 bridgehead atoms. The molecule has 184 valence electrons. The lowest BCUT2D eigenvalue weighted by Crippen LogP contribution is -2.53.